The van der Waals surface area contributed by atoms with Crippen LogP contribution in [0.5, 0.6) is 0 Å². The Morgan fingerprint density at radius 1 is 1.27 bits per heavy atom. The number of rotatable bonds is 2. The molecule has 2 heterocycles. The van der Waals surface area contributed by atoms with Crippen molar-refractivity contribution in [2.24, 2.45) is 7.05 Å². The molecule has 2 fully saturated rings. The quantitative estimate of drug-likeness (QED) is 0.882. The first-order valence-corrected chi connectivity index (χ1v) is 8.27. The van der Waals surface area contributed by atoms with E-state index in [1.807, 2.05) is 11.8 Å². The average Bonchev–Trinajstić information content (AvgIpc) is 3.03. The summed E-state index contributed by atoms with van der Waals surface area (Å²) in [6.07, 6.45) is 2.84. The van der Waals surface area contributed by atoms with Crippen molar-refractivity contribution in [3.63, 3.8) is 0 Å². The molecule has 1 aromatic heterocycles. The summed E-state index contributed by atoms with van der Waals surface area (Å²) < 4.78 is 1.54. The zero-order chi connectivity index (χ0) is 15.9. The topological polar surface area (TPSA) is 61.6 Å². The van der Waals surface area contributed by atoms with E-state index in [1.165, 1.54) is 4.68 Å². The van der Waals surface area contributed by atoms with Crippen LogP contribution in [-0.2, 0) is 7.05 Å². The lowest BCUT2D eigenvalue weighted by Gasteiger charge is -2.39. The molecule has 0 radical (unpaired) electrons. The molecule has 2 aliphatic rings. The fourth-order valence-corrected chi connectivity index (χ4v) is 3.89. The fourth-order valence-electron chi connectivity index (χ4n) is 3.63. The van der Waals surface area contributed by atoms with Gasteiger partial charge in [0.2, 0.25) is 0 Å². The third-order valence-corrected chi connectivity index (χ3v) is 5.31. The van der Waals surface area contributed by atoms with Gasteiger partial charge < -0.3 is 10.0 Å². The summed E-state index contributed by atoms with van der Waals surface area (Å²) >= 11 is 6.19. The number of aromatic nitrogens is 2. The number of aliphatic hydroxyl groups is 1. The van der Waals surface area contributed by atoms with Gasteiger partial charge in [-0.15, -0.1) is 0 Å². The van der Waals surface area contributed by atoms with E-state index >= 15 is 0 Å². The molecule has 0 aromatic carbocycles. The first-order valence-electron chi connectivity index (χ1n) is 7.89. The van der Waals surface area contributed by atoms with Gasteiger partial charge in [0.05, 0.1) is 17.4 Å². The van der Waals surface area contributed by atoms with Gasteiger partial charge in [0.15, 0.2) is 0 Å². The highest BCUT2D eigenvalue weighted by Gasteiger charge is 2.34. The van der Waals surface area contributed by atoms with Crippen molar-refractivity contribution in [3.8, 4) is 0 Å². The van der Waals surface area contributed by atoms with Gasteiger partial charge in [-0.1, -0.05) is 11.6 Å². The van der Waals surface area contributed by atoms with Crippen LogP contribution < -0.4 is 0 Å². The van der Waals surface area contributed by atoms with Crippen molar-refractivity contribution < 1.29 is 9.90 Å². The van der Waals surface area contributed by atoms with E-state index in [0.717, 1.165) is 32.4 Å². The summed E-state index contributed by atoms with van der Waals surface area (Å²) in [7, 11) is 1.74. The maximum Gasteiger partial charge on any atom is 0.258 e. The van der Waals surface area contributed by atoms with Crippen molar-refractivity contribution in [2.45, 2.75) is 38.3 Å². The largest absolute Gasteiger partial charge is 0.391 e. The number of halogens is 1. The molecular weight excluding hydrogens is 304 g/mol. The van der Waals surface area contributed by atoms with E-state index in [1.54, 1.807) is 7.05 Å². The molecule has 1 amide bonds. The first-order chi connectivity index (χ1) is 10.5. The molecule has 7 heteroatoms. The zero-order valence-corrected chi connectivity index (χ0v) is 13.9. The Hall–Kier alpha value is -1.11. The van der Waals surface area contributed by atoms with Crippen molar-refractivity contribution in [1.82, 2.24) is 19.6 Å². The third-order valence-electron chi connectivity index (χ3n) is 4.88. The highest BCUT2D eigenvalue weighted by molar-refractivity contribution is 6.33. The molecule has 6 nitrogen and oxygen atoms in total. The number of carbonyl (C=O) groups is 1. The van der Waals surface area contributed by atoms with Crippen LogP contribution in [0.3, 0.4) is 0 Å². The maximum atomic E-state index is 12.7. The van der Waals surface area contributed by atoms with E-state index < -0.39 is 0 Å². The summed E-state index contributed by atoms with van der Waals surface area (Å²) in [4.78, 5) is 16.8. The number of hydrogen-bond acceptors (Lipinski definition) is 4. The van der Waals surface area contributed by atoms with E-state index in [2.05, 4.69) is 10.00 Å². The minimum absolute atomic E-state index is 0.0396. The van der Waals surface area contributed by atoms with Crippen molar-refractivity contribution in [1.29, 1.82) is 0 Å². The van der Waals surface area contributed by atoms with Gasteiger partial charge in [-0.3, -0.25) is 14.4 Å². The fraction of sp³-hybridized carbons (Fsp3) is 0.733. The minimum Gasteiger partial charge on any atom is -0.391 e. The standard InChI is InChI=1S/C15H23ClN4O2/c1-10-13(14(16)18(2)17-10)15(22)20-8-6-19(7-9-20)11-4-3-5-12(11)21/h11-12,21H,3-9H2,1-2H3. The van der Waals surface area contributed by atoms with Crippen LogP contribution in [0, 0.1) is 6.92 Å². The second-order valence-corrected chi connectivity index (χ2v) is 6.63. The molecule has 1 aliphatic heterocycles. The van der Waals surface area contributed by atoms with E-state index in [9.17, 15) is 9.90 Å². The molecule has 122 valence electrons. The molecule has 2 unspecified atom stereocenters. The normalized spacial score (nSPS) is 26.6. The van der Waals surface area contributed by atoms with Crippen LogP contribution in [0.25, 0.3) is 0 Å². The lowest BCUT2D eigenvalue weighted by atomic mass is 10.1. The monoisotopic (exact) mass is 326 g/mol. The first kappa shape index (κ1) is 15.8. The smallest absolute Gasteiger partial charge is 0.258 e. The summed E-state index contributed by atoms with van der Waals surface area (Å²) in [6, 6.07) is 0.265. The second kappa shape index (κ2) is 6.18. The summed E-state index contributed by atoms with van der Waals surface area (Å²) in [5, 5.41) is 14.6. The summed E-state index contributed by atoms with van der Waals surface area (Å²) in [5.74, 6) is -0.0396. The Bertz CT molecular complexity index is 566. The van der Waals surface area contributed by atoms with Gasteiger partial charge in [0.1, 0.15) is 5.15 Å². The number of aliphatic hydroxyl groups excluding tert-OH is 1. The molecule has 1 aromatic rings. The minimum atomic E-state index is -0.211. The predicted molar refractivity (Wildman–Crippen MR) is 84.1 cm³/mol. The lowest BCUT2D eigenvalue weighted by Crippen LogP contribution is -2.53. The lowest BCUT2D eigenvalue weighted by molar-refractivity contribution is 0.0315. The molecule has 3 rings (SSSR count). The Balaban J connectivity index is 1.65. The van der Waals surface area contributed by atoms with Crippen LogP contribution in [0.4, 0.5) is 0 Å². The highest BCUT2D eigenvalue weighted by Crippen LogP contribution is 2.26. The van der Waals surface area contributed by atoms with Gasteiger partial charge in [0.25, 0.3) is 5.91 Å². The number of carbonyl (C=O) groups excluding carboxylic acids is 1. The third kappa shape index (κ3) is 2.75. The summed E-state index contributed by atoms with van der Waals surface area (Å²) in [5.41, 5.74) is 1.18. The molecule has 2 atom stereocenters. The van der Waals surface area contributed by atoms with E-state index in [4.69, 9.17) is 11.6 Å². The van der Waals surface area contributed by atoms with Crippen LogP contribution in [-0.4, -0.2) is 68.9 Å². The van der Waals surface area contributed by atoms with Gasteiger partial charge in [0, 0.05) is 39.3 Å². The maximum absolute atomic E-state index is 12.7. The Morgan fingerprint density at radius 2 is 1.95 bits per heavy atom. The van der Waals surface area contributed by atoms with Gasteiger partial charge in [-0.05, 0) is 26.2 Å². The Morgan fingerprint density at radius 3 is 2.45 bits per heavy atom. The van der Waals surface area contributed by atoms with E-state index in [0.29, 0.717) is 29.5 Å². The molecule has 22 heavy (non-hydrogen) atoms. The molecule has 0 bridgehead atoms. The van der Waals surface area contributed by atoms with Crippen LogP contribution in [0.1, 0.15) is 35.3 Å². The number of hydrogen-bond donors (Lipinski definition) is 1. The molecule has 1 N–H and O–H groups in total. The van der Waals surface area contributed by atoms with Crippen LogP contribution >= 0.6 is 11.6 Å². The van der Waals surface area contributed by atoms with Gasteiger partial charge in [-0.25, -0.2) is 0 Å². The average molecular weight is 327 g/mol. The number of piperazine rings is 1. The SMILES string of the molecule is Cc1nn(C)c(Cl)c1C(=O)N1CCN(C2CCCC2O)CC1. The van der Waals surface area contributed by atoms with E-state index in [-0.39, 0.29) is 18.1 Å². The van der Waals surface area contributed by atoms with Crippen molar-refractivity contribution in [2.75, 3.05) is 26.2 Å². The zero-order valence-electron chi connectivity index (χ0n) is 13.1. The summed E-state index contributed by atoms with van der Waals surface area (Å²) in [6.45, 7) is 4.78. The van der Waals surface area contributed by atoms with Crippen molar-refractivity contribution >= 4 is 17.5 Å². The van der Waals surface area contributed by atoms with Crippen LogP contribution in [0.2, 0.25) is 5.15 Å². The molecule has 1 saturated carbocycles. The Labute approximate surface area is 135 Å². The van der Waals surface area contributed by atoms with Crippen LogP contribution in [0.15, 0.2) is 0 Å². The molecule has 1 saturated heterocycles. The van der Waals surface area contributed by atoms with Gasteiger partial charge >= 0.3 is 0 Å². The highest BCUT2D eigenvalue weighted by atomic mass is 35.5. The molecule has 1 aliphatic carbocycles. The predicted octanol–water partition coefficient (Wildman–Crippen LogP) is 1.05. The number of nitrogens with zero attached hydrogens (tertiary/aromatic N) is 4. The molecule has 0 spiro atoms. The molecular formula is C15H23ClN4O2. The van der Waals surface area contributed by atoms with Crippen molar-refractivity contribution in [3.05, 3.63) is 16.4 Å². The number of amides is 1. The second-order valence-electron chi connectivity index (χ2n) is 6.27. The number of aryl methyl sites for hydroxylation is 2. The van der Waals surface area contributed by atoms with Gasteiger partial charge in [-0.2, -0.15) is 5.10 Å². The Kier molecular flexibility index (Phi) is 4.43.